The number of carbonyl (C=O) groups excluding carboxylic acids is 4. The predicted molar refractivity (Wildman–Crippen MR) is 121 cm³/mol. The number of ketones is 2. The second-order valence-corrected chi connectivity index (χ2v) is 8.02. The first-order valence-corrected chi connectivity index (χ1v) is 10.4. The normalized spacial score (nSPS) is 13.1. The maximum atomic E-state index is 13.5. The van der Waals surface area contributed by atoms with E-state index in [0.29, 0.717) is 4.90 Å². The van der Waals surface area contributed by atoms with E-state index < -0.39 is 34.1 Å². The van der Waals surface area contributed by atoms with E-state index in [1.54, 1.807) is 30.3 Å². The standard InChI is InChI=1S/C24H12Cl3NO4/c25-14-7-5-6-13(12-14)23(31)28(24(32)17-10-3-4-11-18(17)26)20-19(27)21(29)15-8-1-2-9-16(15)22(20)30/h1-12H. The van der Waals surface area contributed by atoms with E-state index >= 15 is 0 Å². The van der Waals surface area contributed by atoms with Crippen molar-refractivity contribution in [3.05, 3.63) is 116 Å². The molecule has 5 nitrogen and oxygen atoms in total. The summed E-state index contributed by atoms with van der Waals surface area (Å²) in [6.07, 6.45) is 0. The van der Waals surface area contributed by atoms with Gasteiger partial charge in [0, 0.05) is 21.7 Å². The fourth-order valence-electron chi connectivity index (χ4n) is 3.33. The van der Waals surface area contributed by atoms with E-state index in [4.69, 9.17) is 34.8 Å². The average molecular weight is 485 g/mol. The van der Waals surface area contributed by atoms with Crippen molar-refractivity contribution in [3.63, 3.8) is 0 Å². The second-order valence-electron chi connectivity index (χ2n) is 6.80. The van der Waals surface area contributed by atoms with Gasteiger partial charge in [0.05, 0.1) is 10.6 Å². The lowest BCUT2D eigenvalue weighted by Gasteiger charge is -2.27. The second kappa shape index (κ2) is 8.71. The molecule has 0 aromatic heterocycles. The number of rotatable bonds is 3. The number of benzene rings is 3. The maximum absolute atomic E-state index is 13.5. The number of nitrogens with zero attached hydrogens (tertiary/aromatic N) is 1. The largest absolute Gasteiger partial charge is 0.287 e. The molecule has 0 radical (unpaired) electrons. The molecule has 0 bridgehead atoms. The van der Waals surface area contributed by atoms with Crippen LogP contribution >= 0.6 is 34.8 Å². The van der Waals surface area contributed by atoms with Crippen LogP contribution in [0.1, 0.15) is 41.4 Å². The van der Waals surface area contributed by atoms with Gasteiger partial charge in [-0.15, -0.1) is 0 Å². The highest BCUT2D eigenvalue weighted by Crippen LogP contribution is 2.33. The van der Waals surface area contributed by atoms with Crippen molar-refractivity contribution < 1.29 is 19.2 Å². The van der Waals surface area contributed by atoms with Crippen molar-refractivity contribution in [1.29, 1.82) is 0 Å². The lowest BCUT2D eigenvalue weighted by Crippen LogP contribution is -2.41. The van der Waals surface area contributed by atoms with Crippen LogP contribution in [-0.2, 0) is 0 Å². The molecular formula is C24H12Cl3NO4. The number of allylic oxidation sites excluding steroid dienone is 2. The number of carbonyl (C=O) groups is 4. The Morgan fingerprint density at radius 2 is 1.31 bits per heavy atom. The molecule has 3 aromatic carbocycles. The highest BCUT2D eigenvalue weighted by molar-refractivity contribution is 6.50. The first kappa shape index (κ1) is 22.0. The highest BCUT2D eigenvalue weighted by atomic mass is 35.5. The first-order valence-electron chi connectivity index (χ1n) is 9.28. The smallest absolute Gasteiger partial charge is 0.267 e. The van der Waals surface area contributed by atoms with Crippen molar-refractivity contribution in [2.45, 2.75) is 0 Å². The van der Waals surface area contributed by atoms with Gasteiger partial charge < -0.3 is 0 Å². The van der Waals surface area contributed by atoms with Crippen LogP contribution in [0.3, 0.4) is 0 Å². The van der Waals surface area contributed by atoms with Crippen molar-refractivity contribution in [3.8, 4) is 0 Å². The SMILES string of the molecule is O=C1C(Cl)=C(N(C(=O)c2cccc(Cl)c2)C(=O)c2ccccc2Cl)C(=O)c2ccccc21. The van der Waals surface area contributed by atoms with E-state index in [1.807, 2.05) is 0 Å². The number of imide groups is 1. The number of hydrogen-bond donors (Lipinski definition) is 0. The van der Waals surface area contributed by atoms with E-state index in [-0.39, 0.29) is 32.3 Å². The van der Waals surface area contributed by atoms with Gasteiger partial charge in [0.2, 0.25) is 11.6 Å². The van der Waals surface area contributed by atoms with Crippen LogP contribution < -0.4 is 0 Å². The third kappa shape index (κ3) is 3.75. The molecule has 0 unspecified atom stereocenters. The quantitative estimate of drug-likeness (QED) is 0.440. The number of amides is 2. The zero-order valence-electron chi connectivity index (χ0n) is 16.1. The first-order chi connectivity index (χ1) is 15.3. The fraction of sp³-hybridized carbons (Fsp3) is 0. The minimum atomic E-state index is -0.908. The summed E-state index contributed by atoms with van der Waals surface area (Å²) in [5.74, 6) is -3.20. The average Bonchev–Trinajstić information content (AvgIpc) is 2.80. The molecule has 32 heavy (non-hydrogen) atoms. The summed E-state index contributed by atoms with van der Waals surface area (Å²) in [6.45, 7) is 0. The molecule has 0 saturated heterocycles. The van der Waals surface area contributed by atoms with Gasteiger partial charge in [-0.25, -0.2) is 4.90 Å². The number of hydrogen-bond acceptors (Lipinski definition) is 4. The lowest BCUT2D eigenvalue weighted by molar-refractivity contribution is 0.0642. The Balaban J connectivity index is 1.94. The Morgan fingerprint density at radius 1 is 0.688 bits per heavy atom. The van der Waals surface area contributed by atoms with E-state index in [9.17, 15) is 19.2 Å². The minimum absolute atomic E-state index is 0.0222. The predicted octanol–water partition coefficient (Wildman–Crippen LogP) is 5.81. The Hall–Kier alpha value is -3.25. The van der Waals surface area contributed by atoms with Gasteiger partial charge in [-0.3, -0.25) is 19.2 Å². The van der Waals surface area contributed by atoms with Crippen LogP contribution in [0.15, 0.2) is 83.5 Å². The molecule has 1 aliphatic rings. The summed E-state index contributed by atoms with van der Waals surface area (Å²) in [6, 6.07) is 17.9. The van der Waals surface area contributed by atoms with Crippen molar-refractivity contribution in [1.82, 2.24) is 4.90 Å². The van der Waals surface area contributed by atoms with Crippen LogP contribution in [0, 0.1) is 0 Å². The molecule has 8 heteroatoms. The lowest BCUT2D eigenvalue weighted by atomic mass is 9.91. The molecule has 158 valence electrons. The molecule has 3 aromatic rings. The van der Waals surface area contributed by atoms with Crippen molar-refractivity contribution in [2.24, 2.45) is 0 Å². The van der Waals surface area contributed by atoms with Crippen molar-refractivity contribution >= 4 is 58.2 Å². The summed E-state index contributed by atoms with van der Waals surface area (Å²) in [4.78, 5) is 53.8. The number of fused-ring (bicyclic) bond motifs is 1. The van der Waals surface area contributed by atoms with Crippen LogP contribution in [0.25, 0.3) is 0 Å². The van der Waals surface area contributed by atoms with Gasteiger partial charge in [0.25, 0.3) is 11.8 Å². The van der Waals surface area contributed by atoms with Crippen LogP contribution in [0.2, 0.25) is 10.0 Å². The van der Waals surface area contributed by atoms with Crippen LogP contribution in [0.4, 0.5) is 0 Å². The molecule has 0 saturated carbocycles. The molecular weight excluding hydrogens is 473 g/mol. The Kier molecular flexibility index (Phi) is 5.98. The molecule has 2 amide bonds. The summed E-state index contributed by atoms with van der Waals surface area (Å²) >= 11 is 18.5. The van der Waals surface area contributed by atoms with E-state index in [2.05, 4.69) is 0 Å². The number of Topliss-reactive ketones (excluding diaryl/α,β-unsaturated/α-hetero) is 2. The molecule has 0 aliphatic heterocycles. The Labute approximate surface area is 197 Å². The summed E-state index contributed by atoms with van der Waals surface area (Å²) in [7, 11) is 0. The maximum Gasteiger partial charge on any atom is 0.267 e. The monoisotopic (exact) mass is 483 g/mol. The fourth-order valence-corrected chi connectivity index (χ4v) is 4.01. The van der Waals surface area contributed by atoms with Crippen molar-refractivity contribution in [2.75, 3.05) is 0 Å². The van der Waals surface area contributed by atoms with Gasteiger partial charge >= 0.3 is 0 Å². The number of halogens is 3. The van der Waals surface area contributed by atoms with E-state index in [0.717, 1.165) is 0 Å². The van der Waals surface area contributed by atoms with Crippen LogP contribution in [-0.4, -0.2) is 28.3 Å². The summed E-state index contributed by atoms with van der Waals surface area (Å²) < 4.78 is 0. The molecule has 4 rings (SSSR count). The minimum Gasteiger partial charge on any atom is -0.287 e. The Morgan fingerprint density at radius 3 is 1.97 bits per heavy atom. The van der Waals surface area contributed by atoms with E-state index in [1.165, 1.54) is 42.5 Å². The molecule has 0 heterocycles. The molecule has 0 fully saturated rings. The topological polar surface area (TPSA) is 71.5 Å². The molecule has 1 aliphatic carbocycles. The van der Waals surface area contributed by atoms with Gasteiger partial charge in [0.15, 0.2) is 0 Å². The molecule has 0 N–H and O–H groups in total. The summed E-state index contributed by atoms with van der Waals surface area (Å²) in [5, 5.41) is -0.227. The Bertz CT molecular complexity index is 1350. The van der Waals surface area contributed by atoms with Gasteiger partial charge in [0.1, 0.15) is 10.7 Å². The summed E-state index contributed by atoms with van der Waals surface area (Å²) in [5.41, 5.74) is -0.431. The van der Waals surface area contributed by atoms with Gasteiger partial charge in [-0.05, 0) is 30.3 Å². The zero-order chi connectivity index (χ0) is 23.0. The van der Waals surface area contributed by atoms with Gasteiger partial charge in [-0.1, -0.05) is 77.3 Å². The van der Waals surface area contributed by atoms with Crippen LogP contribution in [0.5, 0.6) is 0 Å². The molecule has 0 spiro atoms. The molecule has 0 atom stereocenters. The third-order valence-corrected chi connectivity index (χ3v) is 5.76. The zero-order valence-corrected chi connectivity index (χ0v) is 18.4. The van der Waals surface area contributed by atoms with Gasteiger partial charge in [-0.2, -0.15) is 0 Å². The third-order valence-electron chi connectivity index (χ3n) is 4.84. The highest BCUT2D eigenvalue weighted by Gasteiger charge is 2.40.